The molecule has 4 nitrogen and oxygen atoms in total. The van der Waals surface area contributed by atoms with Crippen LogP contribution in [0.5, 0.6) is 0 Å². The predicted molar refractivity (Wildman–Crippen MR) is 70.8 cm³/mol. The van der Waals surface area contributed by atoms with Crippen molar-refractivity contribution in [3.63, 3.8) is 0 Å². The molecule has 1 atom stereocenters. The molecule has 0 aromatic heterocycles. The van der Waals surface area contributed by atoms with Gasteiger partial charge in [-0.2, -0.15) is 0 Å². The van der Waals surface area contributed by atoms with Crippen LogP contribution >= 0.6 is 0 Å². The van der Waals surface area contributed by atoms with Crippen molar-refractivity contribution in [1.29, 1.82) is 0 Å². The van der Waals surface area contributed by atoms with Gasteiger partial charge in [0.2, 0.25) is 10.0 Å². The summed E-state index contributed by atoms with van der Waals surface area (Å²) in [6, 6.07) is 9.67. The number of sulfonamides is 1. The SMILES string of the molecule is CC(CS(=O)(=O)N1CC(CO)C1)c1ccccc1. The van der Waals surface area contributed by atoms with Crippen molar-refractivity contribution in [1.82, 2.24) is 4.31 Å². The van der Waals surface area contributed by atoms with Crippen molar-refractivity contribution in [3.8, 4) is 0 Å². The Bertz CT molecular complexity index is 480. The Morgan fingerprint density at radius 2 is 1.94 bits per heavy atom. The first kappa shape index (κ1) is 13.5. The highest BCUT2D eigenvalue weighted by atomic mass is 32.2. The zero-order chi connectivity index (χ0) is 13.2. The molecular weight excluding hydrogens is 250 g/mol. The number of hydrogen-bond acceptors (Lipinski definition) is 3. The lowest BCUT2D eigenvalue weighted by Crippen LogP contribution is -2.52. The monoisotopic (exact) mass is 269 g/mol. The van der Waals surface area contributed by atoms with Crippen LogP contribution in [0.3, 0.4) is 0 Å². The third-order valence-electron chi connectivity index (χ3n) is 3.40. The molecule has 0 amide bonds. The maximum atomic E-state index is 12.1. The van der Waals surface area contributed by atoms with E-state index in [4.69, 9.17) is 5.11 Å². The minimum atomic E-state index is -3.19. The maximum absolute atomic E-state index is 12.1. The van der Waals surface area contributed by atoms with E-state index in [1.54, 1.807) is 0 Å². The molecule has 2 rings (SSSR count). The van der Waals surface area contributed by atoms with Crippen molar-refractivity contribution in [2.75, 3.05) is 25.4 Å². The standard InChI is InChI=1S/C13H19NO3S/c1-11(13-5-3-2-4-6-13)10-18(16,17)14-7-12(8-14)9-15/h2-6,11-12,15H,7-10H2,1H3. The summed E-state index contributed by atoms with van der Waals surface area (Å²) in [6.07, 6.45) is 0. The zero-order valence-corrected chi connectivity index (χ0v) is 11.3. The van der Waals surface area contributed by atoms with E-state index >= 15 is 0 Å². The Morgan fingerprint density at radius 1 is 1.33 bits per heavy atom. The van der Waals surface area contributed by atoms with Crippen LogP contribution in [-0.2, 0) is 10.0 Å². The van der Waals surface area contributed by atoms with Gasteiger partial charge in [-0.3, -0.25) is 0 Å². The van der Waals surface area contributed by atoms with Crippen LogP contribution in [0.2, 0.25) is 0 Å². The molecule has 1 N–H and O–H groups in total. The summed E-state index contributed by atoms with van der Waals surface area (Å²) in [6.45, 7) is 2.91. The summed E-state index contributed by atoms with van der Waals surface area (Å²) in [5.74, 6) is 0.242. The third kappa shape index (κ3) is 2.91. The fourth-order valence-corrected chi connectivity index (χ4v) is 4.08. The molecule has 18 heavy (non-hydrogen) atoms. The number of aliphatic hydroxyl groups excluding tert-OH is 1. The highest BCUT2D eigenvalue weighted by Crippen LogP contribution is 2.24. The predicted octanol–water partition coefficient (Wildman–Crippen LogP) is 1.04. The second-order valence-corrected chi connectivity index (χ2v) is 6.97. The highest BCUT2D eigenvalue weighted by Gasteiger charge is 2.35. The smallest absolute Gasteiger partial charge is 0.214 e. The van der Waals surface area contributed by atoms with Crippen molar-refractivity contribution in [2.45, 2.75) is 12.8 Å². The van der Waals surface area contributed by atoms with E-state index in [0.29, 0.717) is 13.1 Å². The topological polar surface area (TPSA) is 57.6 Å². The molecule has 1 aliphatic rings. The molecule has 1 aromatic rings. The Morgan fingerprint density at radius 3 is 2.50 bits per heavy atom. The van der Waals surface area contributed by atoms with Crippen LogP contribution in [0.25, 0.3) is 0 Å². The number of aliphatic hydroxyl groups is 1. The second-order valence-electron chi connectivity index (χ2n) is 4.96. The number of nitrogens with zero attached hydrogens (tertiary/aromatic N) is 1. The first-order chi connectivity index (χ1) is 8.53. The number of hydrogen-bond donors (Lipinski definition) is 1. The van der Waals surface area contributed by atoms with E-state index in [2.05, 4.69) is 0 Å². The summed E-state index contributed by atoms with van der Waals surface area (Å²) < 4.78 is 25.7. The summed E-state index contributed by atoms with van der Waals surface area (Å²) in [5.41, 5.74) is 1.04. The van der Waals surface area contributed by atoms with Crippen LogP contribution in [0.4, 0.5) is 0 Å². The lowest BCUT2D eigenvalue weighted by molar-refractivity contribution is 0.117. The van der Waals surface area contributed by atoms with Gasteiger partial charge < -0.3 is 5.11 Å². The second kappa shape index (κ2) is 5.38. The van der Waals surface area contributed by atoms with Gasteiger partial charge in [-0.15, -0.1) is 0 Å². The molecule has 1 aliphatic heterocycles. The van der Waals surface area contributed by atoms with Crippen LogP contribution in [0.15, 0.2) is 30.3 Å². The first-order valence-corrected chi connectivity index (χ1v) is 7.77. The Hall–Kier alpha value is -0.910. The van der Waals surface area contributed by atoms with Gasteiger partial charge in [0, 0.05) is 25.6 Å². The van der Waals surface area contributed by atoms with Crippen molar-refractivity contribution >= 4 is 10.0 Å². The van der Waals surface area contributed by atoms with Gasteiger partial charge in [0.05, 0.1) is 5.75 Å². The molecule has 100 valence electrons. The molecule has 1 heterocycles. The minimum absolute atomic E-state index is 0.00984. The van der Waals surface area contributed by atoms with Gasteiger partial charge in [-0.1, -0.05) is 37.3 Å². The number of benzene rings is 1. The van der Waals surface area contributed by atoms with E-state index in [9.17, 15) is 8.42 Å². The summed E-state index contributed by atoms with van der Waals surface area (Å²) >= 11 is 0. The summed E-state index contributed by atoms with van der Waals surface area (Å²) in [7, 11) is -3.19. The molecule has 1 fully saturated rings. The fraction of sp³-hybridized carbons (Fsp3) is 0.538. The van der Waals surface area contributed by atoms with Crippen LogP contribution in [0.1, 0.15) is 18.4 Å². The molecule has 1 unspecified atom stereocenters. The van der Waals surface area contributed by atoms with E-state index in [1.807, 2.05) is 37.3 Å². The highest BCUT2D eigenvalue weighted by molar-refractivity contribution is 7.89. The Balaban J connectivity index is 1.97. The van der Waals surface area contributed by atoms with Gasteiger partial charge in [0.1, 0.15) is 0 Å². The molecule has 0 bridgehead atoms. The van der Waals surface area contributed by atoms with Gasteiger partial charge in [-0.25, -0.2) is 12.7 Å². The fourth-order valence-electron chi connectivity index (χ4n) is 2.16. The first-order valence-electron chi connectivity index (χ1n) is 6.16. The molecule has 1 saturated heterocycles. The van der Waals surface area contributed by atoms with Crippen molar-refractivity contribution < 1.29 is 13.5 Å². The molecule has 5 heteroatoms. The van der Waals surface area contributed by atoms with Gasteiger partial charge in [0.15, 0.2) is 0 Å². The Kier molecular flexibility index (Phi) is 4.04. The lowest BCUT2D eigenvalue weighted by Gasteiger charge is -2.37. The average molecular weight is 269 g/mol. The quantitative estimate of drug-likeness (QED) is 0.869. The van der Waals surface area contributed by atoms with Gasteiger partial charge >= 0.3 is 0 Å². The molecule has 1 aromatic carbocycles. The Labute approximate surface area is 108 Å². The van der Waals surface area contributed by atoms with E-state index in [1.165, 1.54) is 4.31 Å². The molecule has 0 spiro atoms. The summed E-state index contributed by atoms with van der Waals surface area (Å²) in [5, 5.41) is 8.91. The van der Waals surface area contributed by atoms with Crippen molar-refractivity contribution in [3.05, 3.63) is 35.9 Å². The average Bonchev–Trinajstić information content (AvgIpc) is 2.27. The maximum Gasteiger partial charge on any atom is 0.214 e. The van der Waals surface area contributed by atoms with Crippen molar-refractivity contribution in [2.24, 2.45) is 5.92 Å². The molecule has 0 aliphatic carbocycles. The van der Waals surface area contributed by atoms with Gasteiger partial charge in [0.25, 0.3) is 0 Å². The van der Waals surface area contributed by atoms with E-state index < -0.39 is 10.0 Å². The molecular formula is C13H19NO3S. The lowest BCUT2D eigenvalue weighted by atomic mass is 10.0. The third-order valence-corrected chi connectivity index (χ3v) is 5.41. The van der Waals surface area contributed by atoms with Gasteiger partial charge in [-0.05, 0) is 11.5 Å². The molecule has 0 saturated carbocycles. The normalized spacial score (nSPS) is 19.4. The molecule has 0 radical (unpaired) electrons. The largest absolute Gasteiger partial charge is 0.396 e. The zero-order valence-electron chi connectivity index (χ0n) is 10.5. The van der Waals surface area contributed by atoms with E-state index in [-0.39, 0.29) is 24.2 Å². The van der Waals surface area contributed by atoms with Crippen LogP contribution in [-0.4, -0.2) is 43.3 Å². The summed E-state index contributed by atoms with van der Waals surface area (Å²) in [4.78, 5) is 0. The van der Waals surface area contributed by atoms with E-state index in [0.717, 1.165) is 5.56 Å². The minimum Gasteiger partial charge on any atom is -0.396 e. The number of rotatable bonds is 5. The van der Waals surface area contributed by atoms with Crippen LogP contribution < -0.4 is 0 Å². The van der Waals surface area contributed by atoms with Crippen LogP contribution in [0, 0.1) is 5.92 Å².